The summed E-state index contributed by atoms with van der Waals surface area (Å²) < 4.78 is 56.6. The maximum Gasteiger partial charge on any atom is 0.471 e. The fraction of sp³-hybridized carbons (Fsp3) is 0.286. The highest BCUT2D eigenvalue weighted by Gasteiger charge is 2.43. The van der Waals surface area contributed by atoms with Gasteiger partial charge in [-0.25, -0.2) is 4.72 Å². The number of aromatic nitrogens is 1. The van der Waals surface area contributed by atoms with Gasteiger partial charge in [-0.1, -0.05) is 23.2 Å². The van der Waals surface area contributed by atoms with E-state index in [-0.39, 0.29) is 19.1 Å². The average molecular weight is 551 g/mol. The lowest BCUT2D eigenvalue weighted by Gasteiger charge is -2.32. The first-order valence-electron chi connectivity index (χ1n) is 10.2. The Morgan fingerprint density at radius 1 is 1.12 bits per heavy atom. The van der Waals surface area contributed by atoms with Crippen LogP contribution in [0.25, 0.3) is 10.9 Å². The highest BCUT2D eigenvalue weighted by atomic mass is 35.5. The highest BCUT2D eigenvalue weighted by molar-refractivity contribution is 7.97. The van der Waals surface area contributed by atoms with Gasteiger partial charge in [-0.2, -0.15) is 13.2 Å². The smallest absolute Gasteiger partial charge is 0.471 e. The molecule has 2 aromatic carbocycles. The van der Waals surface area contributed by atoms with Crippen molar-refractivity contribution in [2.45, 2.75) is 34.9 Å². The number of carbonyl (C=O) groups excluding carboxylic acids is 1. The molecule has 1 aliphatic heterocycles. The number of carbonyl (C=O) groups is 1. The number of amides is 1. The van der Waals surface area contributed by atoms with Gasteiger partial charge in [0, 0.05) is 35.6 Å². The Morgan fingerprint density at radius 3 is 2.44 bits per heavy atom. The lowest BCUT2D eigenvalue weighted by Crippen LogP contribution is -2.48. The van der Waals surface area contributed by atoms with Crippen LogP contribution in [-0.2, 0) is 16.2 Å². The lowest BCUT2D eigenvalue weighted by atomic mass is 10.1. The third-order valence-electron chi connectivity index (χ3n) is 5.35. The molecular formula is C21H19Cl2F3N4O2S2. The number of H-pyrrole nitrogens is 1. The molecule has 3 N–H and O–H groups in total. The van der Waals surface area contributed by atoms with Gasteiger partial charge < -0.3 is 14.4 Å². The van der Waals surface area contributed by atoms with E-state index in [1.807, 2.05) is 0 Å². The Morgan fingerprint density at radius 2 is 1.79 bits per heavy atom. The molecule has 13 heteroatoms. The van der Waals surface area contributed by atoms with E-state index in [1.165, 1.54) is 11.9 Å². The maximum atomic E-state index is 12.8. The number of fused-ring (bicyclic) bond motifs is 1. The molecule has 0 radical (unpaired) electrons. The van der Waals surface area contributed by atoms with Crippen LogP contribution in [0.2, 0.25) is 10.0 Å². The minimum Gasteiger partial charge on any atom is -0.588 e. The molecule has 182 valence electrons. The fourth-order valence-electron chi connectivity index (χ4n) is 3.57. The number of rotatable bonds is 6. The Labute approximate surface area is 211 Å². The standard InChI is InChI=1S/C21H19Cl2F3N4O2S2/c22-15-5-6-17(19-18(15)16(23)11-27-19)29-34(32)14-3-1-13(2-4-14)33-28-12-7-9-30(10-8-12)20(31)21(24,25)26/h1-6,11-12,27-29H,7-10H2. The van der Waals surface area contributed by atoms with Crippen LogP contribution in [-0.4, -0.2) is 45.7 Å². The summed E-state index contributed by atoms with van der Waals surface area (Å²) in [6.45, 7) is 0.119. The van der Waals surface area contributed by atoms with Crippen LogP contribution in [0, 0.1) is 0 Å². The second kappa shape index (κ2) is 10.5. The molecule has 1 aromatic heterocycles. The molecule has 34 heavy (non-hydrogen) atoms. The van der Waals surface area contributed by atoms with Crippen LogP contribution in [0.4, 0.5) is 18.9 Å². The van der Waals surface area contributed by atoms with Gasteiger partial charge in [0.15, 0.2) is 4.90 Å². The van der Waals surface area contributed by atoms with Gasteiger partial charge in [-0.3, -0.25) is 9.52 Å². The van der Waals surface area contributed by atoms with Gasteiger partial charge >= 0.3 is 12.1 Å². The van der Waals surface area contributed by atoms with Crippen molar-refractivity contribution in [3.05, 3.63) is 52.6 Å². The third kappa shape index (κ3) is 5.72. The number of alkyl halides is 3. The zero-order chi connectivity index (χ0) is 24.5. The lowest BCUT2D eigenvalue weighted by molar-refractivity contribution is -0.186. The fourth-order valence-corrected chi connectivity index (χ4v) is 5.81. The number of likely N-dealkylation sites (tertiary alicyclic amines) is 1. The number of halogens is 5. The first-order valence-corrected chi connectivity index (χ1v) is 12.9. The van der Waals surface area contributed by atoms with Gasteiger partial charge in [0.2, 0.25) is 0 Å². The van der Waals surface area contributed by atoms with E-state index in [2.05, 4.69) is 14.4 Å². The van der Waals surface area contributed by atoms with Crippen molar-refractivity contribution in [3.63, 3.8) is 0 Å². The number of benzene rings is 2. The predicted octanol–water partition coefficient (Wildman–Crippen LogP) is 5.76. The molecule has 6 nitrogen and oxygen atoms in total. The van der Waals surface area contributed by atoms with Crippen molar-refractivity contribution in [2.24, 2.45) is 0 Å². The molecule has 1 fully saturated rings. The molecule has 1 aliphatic rings. The topological polar surface area (TPSA) is 83.2 Å². The molecule has 0 saturated carbocycles. The minimum atomic E-state index is -4.83. The monoisotopic (exact) mass is 550 g/mol. The van der Waals surface area contributed by atoms with Crippen LogP contribution in [0.3, 0.4) is 0 Å². The van der Waals surface area contributed by atoms with Gasteiger partial charge in [0.05, 0.1) is 15.6 Å². The van der Waals surface area contributed by atoms with Crippen molar-refractivity contribution in [1.29, 1.82) is 0 Å². The summed E-state index contributed by atoms with van der Waals surface area (Å²) in [6, 6.07) is 10.4. The Balaban J connectivity index is 1.30. The summed E-state index contributed by atoms with van der Waals surface area (Å²) in [7, 11) is 0. The molecule has 0 aliphatic carbocycles. The van der Waals surface area contributed by atoms with Gasteiger partial charge in [0.25, 0.3) is 0 Å². The first kappa shape index (κ1) is 25.3. The van der Waals surface area contributed by atoms with Crippen molar-refractivity contribution >= 4 is 69.0 Å². The summed E-state index contributed by atoms with van der Waals surface area (Å²) in [4.78, 5) is 16.6. The molecule has 1 atom stereocenters. The van der Waals surface area contributed by atoms with Gasteiger partial charge in [0.1, 0.15) is 17.0 Å². The summed E-state index contributed by atoms with van der Waals surface area (Å²) in [5.41, 5.74) is 1.25. The summed E-state index contributed by atoms with van der Waals surface area (Å²) in [6.07, 6.45) is -2.36. The zero-order valence-electron chi connectivity index (χ0n) is 17.4. The van der Waals surface area contributed by atoms with Crippen LogP contribution in [0.5, 0.6) is 0 Å². The average Bonchev–Trinajstić information content (AvgIpc) is 3.21. The van der Waals surface area contributed by atoms with Crippen molar-refractivity contribution in [1.82, 2.24) is 14.6 Å². The summed E-state index contributed by atoms with van der Waals surface area (Å²) in [5, 5.41) is 1.61. The Bertz CT molecular complexity index is 1170. The number of piperidine rings is 1. The molecule has 0 bridgehead atoms. The van der Waals surface area contributed by atoms with Crippen molar-refractivity contribution in [3.8, 4) is 0 Å². The van der Waals surface area contributed by atoms with Crippen LogP contribution >= 0.6 is 35.1 Å². The molecule has 3 aromatic rings. The number of nitrogens with zero attached hydrogens (tertiary/aromatic N) is 1. The van der Waals surface area contributed by atoms with Gasteiger partial charge in [-0.05, 0) is 61.2 Å². The minimum absolute atomic E-state index is 0.0160. The number of hydrogen-bond donors (Lipinski definition) is 3. The molecule has 0 spiro atoms. The number of nitrogens with one attached hydrogen (secondary N) is 3. The SMILES string of the molecule is O=C(N1CCC(NSc2ccc([S+]([O-])Nc3ccc(Cl)c4c(Cl)c[nH]c34)cc2)CC1)C(F)(F)F. The second-order valence-corrected chi connectivity index (χ2v) is 10.5. The van der Waals surface area contributed by atoms with E-state index in [0.717, 1.165) is 9.80 Å². The van der Waals surface area contributed by atoms with E-state index in [9.17, 15) is 22.5 Å². The number of hydrogen-bond acceptors (Lipinski definition) is 5. The van der Waals surface area contributed by atoms with Gasteiger partial charge in [-0.15, -0.1) is 0 Å². The summed E-state index contributed by atoms with van der Waals surface area (Å²) >= 11 is 12.2. The van der Waals surface area contributed by atoms with Crippen LogP contribution in [0.15, 0.2) is 52.4 Å². The second-order valence-electron chi connectivity index (χ2n) is 7.61. The highest BCUT2D eigenvalue weighted by Crippen LogP contribution is 2.35. The van der Waals surface area contributed by atoms with Crippen molar-refractivity contribution < 1.29 is 22.5 Å². The molecule has 1 saturated heterocycles. The quantitative estimate of drug-likeness (QED) is 0.268. The van der Waals surface area contributed by atoms with E-state index in [0.29, 0.717) is 44.4 Å². The summed E-state index contributed by atoms with van der Waals surface area (Å²) in [5.74, 6) is -1.78. The third-order valence-corrected chi connectivity index (χ3v) is 8.02. The zero-order valence-corrected chi connectivity index (χ0v) is 20.6. The van der Waals surface area contributed by atoms with E-state index in [4.69, 9.17) is 23.2 Å². The number of aromatic amines is 1. The number of anilines is 1. The normalized spacial score (nSPS) is 16.1. The largest absolute Gasteiger partial charge is 0.588 e. The van der Waals surface area contributed by atoms with E-state index >= 15 is 0 Å². The first-order chi connectivity index (χ1) is 16.1. The maximum absolute atomic E-state index is 12.8. The van der Waals surface area contributed by atoms with E-state index in [1.54, 1.807) is 42.6 Å². The van der Waals surface area contributed by atoms with Crippen molar-refractivity contribution in [2.75, 3.05) is 17.8 Å². The molecule has 1 amide bonds. The molecule has 2 heterocycles. The molecule has 1 unspecified atom stereocenters. The van der Waals surface area contributed by atoms with E-state index < -0.39 is 23.4 Å². The predicted molar refractivity (Wildman–Crippen MR) is 129 cm³/mol. The molecule has 4 rings (SSSR count). The Kier molecular flexibility index (Phi) is 7.80. The van der Waals surface area contributed by atoms with Crippen LogP contribution < -0.4 is 9.44 Å². The molecular weight excluding hydrogens is 532 g/mol. The Hall–Kier alpha value is -1.76. The van der Waals surface area contributed by atoms with Crippen LogP contribution in [0.1, 0.15) is 12.8 Å².